The van der Waals surface area contributed by atoms with Crippen molar-refractivity contribution >= 4 is 11.6 Å². The predicted molar refractivity (Wildman–Crippen MR) is 64.1 cm³/mol. The number of nitrogens with zero attached hydrogens (tertiary/aromatic N) is 1. The molecule has 0 spiro atoms. The molecular weight excluding hydrogens is 223 g/mol. The molecule has 0 fully saturated rings. The first-order valence-electron chi connectivity index (χ1n) is 5.40. The lowest BCUT2D eigenvalue weighted by Crippen LogP contribution is -2.29. The molecule has 0 saturated heterocycles. The first kappa shape index (κ1) is 13.4. The zero-order valence-corrected chi connectivity index (χ0v) is 9.98. The number of nitrogen functional groups attached to an aromatic ring is 1. The average molecular weight is 240 g/mol. The van der Waals surface area contributed by atoms with Crippen LogP contribution in [0.1, 0.15) is 23.7 Å². The fraction of sp³-hybridized carbons (Fsp3) is 0.417. The summed E-state index contributed by atoms with van der Waals surface area (Å²) >= 11 is 0. The molecule has 1 unspecified atom stereocenters. The number of carbonyl (C=O) groups excluding carboxylic acids is 1. The molecule has 1 aromatic rings. The Morgan fingerprint density at radius 3 is 2.76 bits per heavy atom. The Kier molecular flexibility index (Phi) is 4.45. The van der Waals surface area contributed by atoms with Crippen molar-refractivity contribution < 1.29 is 14.3 Å². The van der Waals surface area contributed by atoms with E-state index in [2.05, 4.69) is 0 Å². The van der Waals surface area contributed by atoms with Crippen LogP contribution < -0.4 is 5.73 Å². The minimum absolute atomic E-state index is 0.0215. The second-order valence-electron chi connectivity index (χ2n) is 4.10. The molecule has 3 N–H and O–H groups in total. The normalized spacial score (nSPS) is 12.2. The van der Waals surface area contributed by atoms with E-state index in [9.17, 15) is 9.18 Å². The number of rotatable bonds is 4. The molecule has 0 heterocycles. The van der Waals surface area contributed by atoms with Crippen LogP contribution in [0.5, 0.6) is 0 Å². The molecule has 0 saturated carbocycles. The lowest BCUT2D eigenvalue weighted by atomic mass is 10.1. The highest BCUT2D eigenvalue weighted by molar-refractivity contribution is 5.94. The number of aliphatic hydroxyl groups excluding tert-OH is 1. The van der Waals surface area contributed by atoms with E-state index >= 15 is 0 Å². The van der Waals surface area contributed by atoms with Crippen molar-refractivity contribution in [2.45, 2.75) is 19.4 Å². The van der Waals surface area contributed by atoms with Gasteiger partial charge in [-0.2, -0.15) is 0 Å². The third-order valence-electron chi connectivity index (χ3n) is 2.48. The number of amides is 1. The minimum Gasteiger partial charge on any atom is -0.396 e. The highest BCUT2D eigenvalue weighted by Gasteiger charge is 2.13. The molecule has 5 heteroatoms. The van der Waals surface area contributed by atoms with Gasteiger partial charge in [-0.05, 0) is 31.5 Å². The van der Waals surface area contributed by atoms with Crippen molar-refractivity contribution in [1.82, 2.24) is 4.90 Å². The van der Waals surface area contributed by atoms with Crippen molar-refractivity contribution in [3.05, 3.63) is 29.6 Å². The summed E-state index contributed by atoms with van der Waals surface area (Å²) in [4.78, 5) is 13.3. The number of nitrogens with two attached hydrogens (primary N) is 1. The average Bonchev–Trinajstić information content (AvgIpc) is 2.28. The quantitative estimate of drug-likeness (QED) is 0.778. The standard InChI is InChI=1S/C12H17FN2O2/c1-8(16)5-6-15(2)12(17)9-3-4-11(14)10(13)7-9/h3-4,7-8,16H,5-6,14H2,1-2H3. The molecule has 1 atom stereocenters. The van der Waals surface area contributed by atoms with Crippen LogP contribution in [0.25, 0.3) is 0 Å². The van der Waals surface area contributed by atoms with Gasteiger partial charge in [-0.25, -0.2) is 4.39 Å². The van der Waals surface area contributed by atoms with Crippen molar-refractivity contribution in [3.8, 4) is 0 Å². The van der Waals surface area contributed by atoms with Gasteiger partial charge in [0.15, 0.2) is 0 Å². The molecule has 17 heavy (non-hydrogen) atoms. The Bertz CT molecular complexity index is 407. The van der Waals surface area contributed by atoms with E-state index in [1.807, 2.05) is 0 Å². The Morgan fingerprint density at radius 2 is 2.24 bits per heavy atom. The molecule has 0 aliphatic heterocycles. The van der Waals surface area contributed by atoms with Gasteiger partial charge in [-0.3, -0.25) is 4.79 Å². The van der Waals surface area contributed by atoms with Gasteiger partial charge in [0.1, 0.15) is 5.82 Å². The highest BCUT2D eigenvalue weighted by Crippen LogP contribution is 2.13. The molecule has 0 radical (unpaired) electrons. The lowest BCUT2D eigenvalue weighted by Gasteiger charge is -2.18. The number of benzene rings is 1. The Morgan fingerprint density at radius 1 is 1.59 bits per heavy atom. The summed E-state index contributed by atoms with van der Waals surface area (Å²) in [6.45, 7) is 2.07. The zero-order chi connectivity index (χ0) is 13.0. The molecule has 1 rings (SSSR count). The van der Waals surface area contributed by atoms with Gasteiger partial charge in [-0.1, -0.05) is 0 Å². The van der Waals surface area contributed by atoms with Gasteiger partial charge in [0.25, 0.3) is 5.91 Å². The number of aliphatic hydroxyl groups is 1. The summed E-state index contributed by atoms with van der Waals surface area (Å²) in [7, 11) is 1.61. The number of hydrogen-bond acceptors (Lipinski definition) is 3. The fourth-order valence-corrected chi connectivity index (χ4v) is 1.36. The van der Waals surface area contributed by atoms with Crippen LogP contribution in [-0.2, 0) is 0 Å². The first-order valence-corrected chi connectivity index (χ1v) is 5.40. The molecule has 0 bridgehead atoms. The maximum absolute atomic E-state index is 13.2. The third kappa shape index (κ3) is 3.71. The largest absolute Gasteiger partial charge is 0.396 e. The lowest BCUT2D eigenvalue weighted by molar-refractivity contribution is 0.0768. The molecule has 94 valence electrons. The molecule has 0 aliphatic carbocycles. The summed E-state index contributed by atoms with van der Waals surface area (Å²) in [5.41, 5.74) is 5.61. The SMILES string of the molecule is CC(O)CCN(C)C(=O)c1ccc(N)c(F)c1. The van der Waals surface area contributed by atoms with Crippen LogP contribution in [0, 0.1) is 5.82 Å². The van der Waals surface area contributed by atoms with Crippen LogP contribution in [0.3, 0.4) is 0 Å². The van der Waals surface area contributed by atoms with Gasteiger partial charge >= 0.3 is 0 Å². The third-order valence-corrected chi connectivity index (χ3v) is 2.48. The van der Waals surface area contributed by atoms with Crippen LogP contribution in [0.15, 0.2) is 18.2 Å². The van der Waals surface area contributed by atoms with Gasteiger partial charge in [-0.15, -0.1) is 0 Å². The van der Waals surface area contributed by atoms with E-state index in [1.165, 1.54) is 17.0 Å². The summed E-state index contributed by atoms with van der Waals surface area (Å²) in [6.07, 6.45) is 0.0214. The van der Waals surface area contributed by atoms with Crippen LogP contribution in [0.4, 0.5) is 10.1 Å². The van der Waals surface area contributed by atoms with E-state index < -0.39 is 11.9 Å². The molecule has 4 nitrogen and oxygen atoms in total. The number of hydrogen-bond donors (Lipinski definition) is 2. The van der Waals surface area contributed by atoms with Crippen molar-refractivity contribution in [2.75, 3.05) is 19.3 Å². The van der Waals surface area contributed by atoms with E-state index in [0.29, 0.717) is 13.0 Å². The predicted octanol–water partition coefficient (Wildman–Crippen LogP) is 1.25. The Balaban J connectivity index is 2.71. The Hall–Kier alpha value is -1.62. The number of halogens is 1. The second kappa shape index (κ2) is 5.63. The first-order chi connectivity index (χ1) is 7.91. The summed E-state index contributed by atoms with van der Waals surface area (Å²) in [5, 5.41) is 9.12. The number of anilines is 1. The highest BCUT2D eigenvalue weighted by atomic mass is 19.1. The fourth-order valence-electron chi connectivity index (χ4n) is 1.36. The molecule has 0 aromatic heterocycles. The van der Waals surface area contributed by atoms with Crippen LogP contribution in [-0.4, -0.2) is 35.6 Å². The molecular formula is C12H17FN2O2. The van der Waals surface area contributed by atoms with E-state index in [0.717, 1.165) is 6.07 Å². The maximum atomic E-state index is 13.2. The number of carbonyl (C=O) groups is 1. The van der Waals surface area contributed by atoms with E-state index in [1.54, 1.807) is 14.0 Å². The molecule has 1 aromatic carbocycles. The Labute approximate surface area is 99.8 Å². The van der Waals surface area contributed by atoms with Crippen molar-refractivity contribution in [3.63, 3.8) is 0 Å². The zero-order valence-electron chi connectivity index (χ0n) is 9.98. The topological polar surface area (TPSA) is 66.6 Å². The van der Waals surface area contributed by atoms with Crippen LogP contribution in [0.2, 0.25) is 0 Å². The monoisotopic (exact) mass is 240 g/mol. The second-order valence-corrected chi connectivity index (χ2v) is 4.10. The molecule has 0 aliphatic rings. The van der Waals surface area contributed by atoms with E-state index in [4.69, 9.17) is 10.8 Å². The van der Waals surface area contributed by atoms with E-state index in [-0.39, 0.29) is 17.2 Å². The van der Waals surface area contributed by atoms with Crippen molar-refractivity contribution in [1.29, 1.82) is 0 Å². The maximum Gasteiger partial charge on any atom is 0.253 e. The van der Waals surface area contributed by atoms with Gasteiger partial charge in [0, 0.05) is 19.2 Å². The molecule has 1 amide bonds. The summed E-state index contributed by atoms with van der Waals surface area (Å²) < 4.78 is 13.2. The van der Waals surface area contributed by atoms with Gasteiger partial charge < -0.3 is 15.7 Å². The smallest absolute Gasteiger partial charge is 0.253 e. The summed E-state index contributed by atoms with van der Waals surface area (Å²) in [5.74, 6) is -0.885. The van der Waals surface area contributed by atoms with Gasteiger partial charge in [0.2, 0.25) is 0 Å². The van der Waals surface area contributed by atoms with Gasteiger partial charge in [0.05, 0.1) is 11.8 Å². The summed E-state index contributed by atoms with van der Waals surface area (Å²) in [6, 6.07) is 3.97. The minimum atomic E-state index is -0.597. The van der Waals surface area contributed by atoms with Crippen molar-refractivity contribution in [2.24, 2.45) is 0 Å². The van der Waals surface area contributed by atoms with Crippen LogP contribution >= 0.6 is 0 Å².